The summed E-state index contributed by atoms with van der Waals surface area (Å²) in [6, 6.07) is 8.68. The van der Waals surface area contributed by atoms with E-state index in [1.54, 1.807) is 18.3 Å². The van der Waals surface area contributed by atoms with E-state index in [-0.39, 0.29) is 12.3 Å². The van der Waals surface area contributed by atoms with Crippen molar-refractivity contribution in [2.75, 3.05) is 0 Å². The Morgan fingerprint density at radius 2 is 2.07 bits per heavy atom. The number of hydrogen-bond acceptors (Lipinski definition) is 5. The molecule has 6 nitrogen and oxygen atoms in total. The average Bonchev–Trinajstić information content (AvgIpc) is 3.31. The topological polar surface area (TPSA) is 83.6 Å². The minimum absolute atomic E-state index is 0.0193. The van der Waals surface area contributed by atoms with Crippen LogP contribution in [0.4, 0.5) is 0 Å². The van der Waals surface area contributed by atoms with Gasteiger partial charge in [-0.1, -0.05) is 24.3 Å². The first-order chi connectivity index (χ1) is 13.0. The Labute approximate surface area is 160 Å². The van der Waals surface area contributed by atoms with Gasteiger partial charge in [-0.15, -0.1) is 0 Å². The normalized spacial score (nSPS) is 16.2. The number of aromatic nitrogens is 1. The Morgan fingerprint density at radius 1 is 1.30 bits per heavy atom. The molecule has 1 aliphatic rings. The third kappa shape index (κ3) is 3.38. The number of carboxylic acids is 1. The third-order valence-electron chi connectivity index (χ3n) is 4.83. The molecule has 3 aromatic rings. The summed E-state index contributed by atoms with van der Waals surface area (Å²) in [5.41, 5.74) is 3.38. The van der Waals surface area contributed by atoms with Gasteiger partial charge in [-0.2, -0.15) is 11.3 Å². The number of oxazole rings is 1. The fourth-order valence-electron chi connectivity index (χ4n) is 3.35. The molecule has 0 spiro atoms. The number of carbonyl (C=O) groups excluding carboxylic acids is 1. The first-order valence-corrected chi connectivity index (χ1v) is 9.55. The highest BCUT2D eigenvalue weighted by Crippen LogP contribution is 2.27. The molecule has 7 heteroatoms. The van der Waals surface area contributed by atoms with Gasteiger partial charge in [-0.25, -0.2) is 9.78 Å². The van der Waals surface area contributed by atoms with E-state index < -0.39 is 12.0 Å². The summed E-state index contributed by atoms with van der Waals surface area (Å²) in [5, 5.41) is 13.5. The molecule has 3 heterocycles. The maximum atomic E-state index is 12.9. The predicted molar refractivity (Wildman–Crippen MR) is 100 cm³/mol. The van der Waals surface area contributed by atoms with Crippen molar-refractivity contribution in [2.24, 2.45) is 0 Å². The van der Waals surface area contributed by atoms with Gasteiger partial charge in [0.15, 0.2) is 0 Å². The number of benzene rings is 1. The number of aryl methyl sites for hydroxylation is 1. The molecule has 0 radical (unpaired) electrons. The van der Waals surface area contributed by atoms with Crippen LogP contribution in [0.1, 0.15) is 22.6 Å². The lowest BCUT2D eigenvalue weighted by atomic mass is 9.93. The molecule has 2 aromatic heterocycles. The summed E-state index contributed by atoms with van der Waals surface area (Å²) in [6.07, 6.45) is 0.334. The monoisotopic (exact) mass is 382 g/mol. The molecule has 1 atom stereocenters. The van der Waals surface area contributed by atoms with Crippen molar-refractivity contribution >= 4 is 23.2 Å². The fourth-order valence-corrected chi connectivity index (χ4v) is 3.98. The number of nitrogens with zero attached hydrogens (tertiary/aromatic N) is 2. The second kappa shape index (κ2) is 7.00. The van der Waals surface area contributed by atoms with Crippen molar-refractivity contribution in [3.8, 4) is 11.5 Å². The van der Waals surface area contributed by atoms with Crippen LogP contribution in [0.15, 0.2) is 45.5 Å². The van der Waals surface area contributed by atoms with Crippen LogP contribution in [-0.2, 0) is 29.0 Å². The lowest BCUT2D eigenvalue weighted by molar-refractivity contribution is -0.151. The second-order valence-electron chi connectivity index (χ2n) is 6.56. The van der Waals surface area contributed by atoms with E-state index in [1.165, 1.54) is 4.90 Å². The maximum absolute atomic E-state index is 12.9. The summed E-state index contributed by atoms with van der Waals surface area (Å²) >= 11 is 1.54. The number of aliphatic carboxylic acids is 1. The molecule has 1 N–H and O–H groups in total. The molecule has 0 saturated carbocycles. The Bertz CT molecular complexity index is 993. The van der Waals surface area contributed by atoms with E-state index in [0.29, 0.717) is 30.3 Å². The first kappa shape index (κ1) is 17.5. The number of amides is 1. The second-order valence-corrected chi connectivity index (χ2v) is 7.34. The van der Waals surface area contributed by atoms with Crippen molar-refractivity contribution in [2.45, 2.75) is 32.4 Å². The zero-order valence-corrected chi connectivity index (χ0v) is 15.5. The van der Waals surface area contributed by atoms with Crippen LogP contribution in [0.3, 0.4) is 0 Å². The van der Waals surface area contributed by atoms with Crippen molar-refractivity contribution < 1.29 is 19.1 Å². The summed E-state index contributed by atoms with van der Waals surface area (Å²) in [4.78, 5) is 30.5. The number of thiophene rings is 1. The average molecular weight is 382 g/mol. The van der Waals surface area contributed by atoms with E-state index in [9.17, 15) is 14.7 Å². The Morgan fingerprint density at radius 3 is 2.78 bits per heavy atom. The number of carbonyl (C=O) groups is 2. The molecular formula is C20H18N2O4S. The molecule has 4 rings (SSSR count). The Hall–Kier alpha value is -2.93. The molecule has 1 aliphatic heterocycles. The van der Waals surface area contributed by atoms with Crippen molar-refractivity contribution in [1.29, 1.82) is 0 Å². The van der Waals surface area contributed by atoms with E-state index >= 15 is 0 Å². The van der Waals surface area contributed by atoms with Gasteiger partial charge in [0, 0.05) is 23.9 Å². The largest absolute Gasteiger partial charge is 0.480 e. The Balaban J connectivity index is 1.58. The van der Waals surface area contributed by atoms with Gasteiger partial charge in [0.25, 0.3) is 0 Å². The zero-order chi connectivity index (χ0) is 19.0. The quantitative estimate of drug-likeness (QED) is 0.749. The third-order valence-corrected chi connectivity index (χ3v) is 5.52. The Kier molecular flexibility index (Phi) is 4.53. The minimum atomic E-state index is -0.992. The molecule has 138 valence electrons. The molecule has 0 fully saturated rings. The molecule has 1 aromatic carbocycles. The molecule has 1 amide bonds. The molecule has 0 aliphatic carbocycles. The van der Waals surface area contributed by atoms with Gasteiger partial charge in [-0.05, 0) is 29.5 Å². The van der Waals surface area contributed by atoms with Gasteiger partial charge < -0.3 is 14.4 Å². The van der Waals surface area contributed by atoms with E-state index in [2.05, 4.69) is 4.98 Å². The lowest BCUT2D eigenvalue weighted by Crippen LogP contribution is -2.49. The van der Waals surface area contributed by atoms with E-state index in [4.69, 9.17) is 4.42 Å². The highest BCUT2D eigenvalue weighted by Gasteiger charge is 2.34. The van der Waals surface area contributed by atoms with Gasteiger partial charge >= 0.3 is 5.97 Å². The van der Waals surface area contributed by atoms with Crippen LogP contribution in [0.2, 0.25) is 0 Å². The summed E-state index contributed by atoms with van der Waals surface area (Å²) in [6.45, 7) is 2.06. The zero-order valence-electron chi connectivity index (χ0n) is 14.7. The van der Waals surface area contributed by atoms with Crippen LogP contribution >= 0.6 is 11.3 Å². The molecular weight excluding hydrogens is 364 g/mol. The van der Waals surface area contributed by atoms with Crippen LogP contribution < -0.4 is 0 Å². The molecule has 0 unspecified atom stereocenters. The van der Waals surface area contributed by atoms with Crippen molar-refractivity contribution in [3.63, 3.8) is 0 Å². The van der Waals surface area contributed by atoms with Gasteiger partial charge in [0.05, 0.1) is 12.1 Å². The molecule has 0 saturated heterocycles. The summed E-state index contributed by atoms with van der Waals surface area (Å²) in [7, 11) is 0. The summed E-state index contributed by atoms with van der Waals surface area (Å²) < 4.78 is 5.69. The van der Waals surface area contributed by atoms with Gasteiger partial charge in [0.1, 0.15) is 11.8 Å². The highest BCUT2D eigenvalue weighted by molar-refractivity contribution is 7.08. The van der Waals surface area contributed by atoms with Gasteiger partial charge in [0.2, 0.25) is 11.8 Å². The van der Waals surface area contributed by atoms with Crippen molar-refractivity contribution in [1.82, 2.24) is 9.88 Å². The van der Waals surface area contributed by atoms with Crippen LogP contribution in [0.5, 0.6) is 0 Å². The smallest absolute Gasteiger partial charge is 0.326 e. The summed E-state index contributed by atoms with van der Waals surface area (Å²) in [5.74, 6) is -0.192. The SMILES string of the molecule is Cc1oc(-c2ccsc2)nc1CC(=O)N1Cc2ccccc2C[C@H]1C(=O)O. The van der Waals surface area contributed by atoms with E-state index in [1.807, 2.05) is 41.1 Å². The van der Waals surface area contributed by atoms with Crippen molar-refractivity contribution in [3.05, 3.63) is 63.7 Å². The standard InChI is InChI=1S/C20H18N2O4S/c1-12-16(21-19(26-12)15-6-7-27-11-15)9-18(23)22-10-14-5-3-2-4-13(14)8-17(22)20(24)25/h2-7,11,17H,8-10H2,1H3,(H,24,25)/t17-/m0/s1. The number of rotatable bonds is 4. The molecule has 0 bridgehead atoms. The minimum Gasteiger partial charge on any atom is -0.480 e. The number of hydrogen-bond donors (Lipinski definition) is 1. The predicted octanol–water partition coefficient (Wildman–Crippen LogP) is 3.29. The number of fused-ring (bicyclic) bond motifs is 1. The first-order valence-electron chi connectivity index (χ1n) is 8.61. The van der Waals surface area contributed by atoms with Crippen LogP contribution in [0.25, 0.3) is 11.5 Å². The number of carboxylic acid groups (broad SMARTS) is 1. The fraction of sp³-hybridized carbons (Fsp3) is 0.250. The highest BCUT2D eigenvalue weighted by atomic mass is 32.1. The molecule has 27 heavy (non-hydrogen) atoms. The van der Waals surface area contributed by atoms with Crippen LogP contribution in [-0.4, -0.2) is 32.9 Å². The maximum Gasteiger partial charge on any atom is 0.326 e. The van der Waals surface area contributed by atoms with Gasteiger partial charge in [-0.3, -0.25) is 4.79 Å². The van der Waals surface area contributed by atoms with E-state index in [0.717, 1.165) is 16.7 Å². The van der Waals surface area contributed by atoms with Crippen LogP contribution in [0, 0.1) is 6.92 Å². The lowest BCUT2D eigenvalue weighted by Gasteiger charge is -2.34.